The third-order valence-electron chi connectivity index (χ3n) is 2.96. The minimum Gasteiger partial charge on any atom is -0.491 e. The standard InChI is InChI=1S/C14H19ClN4O2.ClH/c1-10-9-11(15)3-4-12(10)20-8-7-19(2)14-18-17-13(21-14)5-6-16;/h3-4,9H,5-8,16H2,1-2H3;1H. The van der Waals surface area contributed by atoms with E-state index in [0.717, 1.165) is 11.3 Å². The van der Waals surface area contributed by atoms with E-state index in [0.29, 0.717) is 43.0 Å². The highest BCUT2D eigenvalue weighted by atomic mass is 35.5. The van der Waals surface area contributed by atoms with Crippen LogP contribution in [0.1, 0.15) is 11.5 Å². The summed E-state index contributed by atoms with van der Waals surface area (Å²) in [5, 5.41) is 8.60. The molecule has 0 aliphatic rings. The predicted molar refractivity (Wildman–Crippen MR) is 89.3 cm³/mol. The Morgan fingerprint density at radius 1 is 1.36 bits per heavy atom. The maximum atomic E-state index is 5.91. The summed E-state index contributed by atoms with van der Waals surface area (Å²) in [7, 11) is 1.87. The summed E-state index contributed by atoms with van der Waals surface area (Å²) in [6.07, 6.45) is 0.585. The van der Waals surface area contributed by atoms with E-state index in [1.807, 2.05) is 37.1 Å². The van der Waals surface area contributed by atoms with Crippen molar-refractivity contribution in [3.8, 4) is 5.75 Å². The third kappa shape index (κ3) is 5.05. The summed E-state index contributed by atoms with van der Waals surface area (Å²) in [6.45, 7) is 3.59. The SMILES string of the molecule is Cc1cc(Cl)ccc1OCCN(C)c1nnc(CCN)o1.Cl. The molecule has 0 radical (unpaired) electrons. The van der Waals surface area contributed by atoms with Crippen molar-refractivity contribution in [3.63, 3.8) is 0 Å². The van der Waals surface area contributed by atoms with Crippen LogP contribution in [-0.4, -0.2) is 36.9 Å². The van der Waals surface area contributed by atoms with Crippen molar-refractivity contribution in [1.82, 2.24) is 10.2 Å². The molecular formula is C14H20Cl2N4O2. The molecule has 22 heavy (non-hydrogen) atoms. The molecule has 0 amide bonds. The second-order valence-electron chi connectivity index (χ2n) is 4.70. The molecule has 0 aliphatic heterocycles. The molecule has 6 nitrogen and oxygen atoms in total. The van der Waals surface area contributed by atoms with Crippen LogP contribution in [0.5, 0.6) is 5.75 Å². The first-order valence-electron chi connectivity index (χ1n) is 6.72. The molecule has 1 aromatic carbocycles. The number of nitrogens with two attached hydrogens (primary N) is 1. The zero-order chi connectivity index (χ0) is 15.2. The van der Waals surface area contributed by atoms with E-state index in [1.165, 1.54) is 0 Å². The molecule has 2 N–H and O–H groups in total. The minimum atomic E-state index is 0. The number of ether oxygens (including phenoxy) is 1. The number of likely N-dealkylation sites (N-methyl/N-ethyl adjacent to an activating group) is 1. The second kappa shape index (κ2) is 8.82. The number of hydrogen-bond donors (Lipinski definition) is 1. The van der Waals surface area contributed by atoms with Gasteiger partial charge in [-0.2, -0.15) is 0 Å². The van der Waals surface area contributed by atoms with Crippen molar-refractivity contribution in [1.29, 1.82) is 0 Å². The van der Waals surface area contributed by atoms with Crippen LogP contribution >= 0.6 is 24.0 Å². The molecule has 0 bridgehead atoms. The smallest absolute Gasteiger partial charge is 0.317 e. The van der Waals surface area contributed by atoms with Gasteiger partial charge in [0.15, 0.2) is 0 Å². The number of aromatic nitrogens is 2. The van der Waals surface area contributed by atoms with Gasteiger partial charge in [-0.25, -0.2) is 0 Å². The molecule has 1 aromatic heterocycles. The zero-order valence-corrected chi connectivity index (χ0v) is 14.2. The summed E-state index contributed by atoms with van der Waals surface area (Å²) >= 11 is 5.91. The number of anilines is 1. The van der Waals surface area contributed by atoms with Gasteiger partial charge in [0.05, 0.1) is 6.54 Å². The fourth-order valence-corrected chi connectivity index (χ4v) is 2.01. The maximum absolute atomic E-state index is 5.91. The van der Waals surface area contributed by atoms with Gasteiger partial charge in [-0.15, -0.1) is 17.5 Å². The Labute approximate surface area is 141 Å². The molecule has 0 unspecified atom stereocenters. The van der Waals surface area contributed by atoms with Crippen molar-refractivity contribution in [2.45, 2.75) is 13.3 Å². The quantitative estimate of drug-likeness (QED) is 0.829. The number of benzene rings is 1. The Bertz CT molecular complexity index is 592. The monoisotopic (exact) mass is 346 g/mol. The van der Waals surface area contributed by atoms with Crippen molar-refractivity contribution in [3.05, 3.63) is 34.7 Å². The summed E-state index contributed by atoms with van der Waals surface area (Å²) in [5.74, 6) is 1.37. The molecule has 8 heteroatoms. The van der Waals surface area contributed by atoms with Crippen LogP contribution in [0.2, 0.25) is 5.02 Å². The molecule has 0 fully saturated rings. The highest BCUT2D eigenvalue weighted by Crippen LogP contribution is 2.21. The van der Waals surface area contributed by atoms with Crippen molar-refractivity contribution in [2.24, 2.45) is 5.73 Å². The average Bonchev–Trinajstić information content (AvgIpc) is 2.90. The molecule has 1 heterocycles. The summed E-state index contributed by atoms with van der Waals surface area (Å²) in [5.41, 5.74) is 6.45. The summed E-state index contributed by atoms with van der Waals surface area (Å²) in [4.78, 5) is 1.85. The molecule has 2 rings (SSSR count). The van der Waals surface area contributed by atoms with Gasteiger partial charge < -0.3 is 19.8 Å². The predicted octanol–water partition coefficient (Wildman–Crippen LogP) is 2.47. The molecule has 122 valence electrons. The van der Waals surface area contributed by atoms with E-state index < -0.39 is 0 Å². The Morgan fingerprint density at radius 3 is 2.82 bits per heavy atom. The lowest BCUT2D eigenvalue weighted by Gasteiger charge is -2.15. The van der Waals surface area contributed by atoms with Gasteiger partial charge in [0.2, 0.25) is 5.89 Å². The van der Waals surface area contributed by atoms with Crippen LogP contribution in [0.4, 0.5) is 6.01 Å². The topological polar surface area (TPSA) is 77.4 Å². The van der Waals surface area contributed by atoms with Gasteiger partial charge in [-0.1, -0.05) is 16.7 Å². The first-order valence-corrected chi connectivity index (χ1v) is 7.10. The number of aryl methyl sites for hydroxylation is 1. The van der Waals surface area contributed by atoms with E-state index in [9.17, 15) is 0 Å². The van der Waals surface area contributed by atoms with E-state index in [4.69, 9.17) is 26.5 Å². The number of nitrogens with zero attached hydrogens (tertiary/aromatic N) is 3. The Kier molecular flexibility index (Phi) is 7.44. The Balaban J connectivity index is 0.00000242. The molecule has 0 saturated heterocycles. The molecule has 2 aromatic rings. The summed E-state index contributed by atoms with van der Waals surface area (Å²) < 4.78 is 11.2. The minimum absolute atomic E-state index is 0. The first-order chi connectivity index (χ1) is 10.1. The van der Waals surface area contributed by atoms with Gasteiger partial charge in [-0.05, 0) is 30.7 Å². The summed E-state index contributed by atoms with van der Waals surface area (Å²) in [6, 6.07) is 6.02. The van der Waals surface area contributed by atoms with E-state index >= 15 is 0 Å². The molecule has 0 saturated carbocycles. The first kappa shape index (κ1) is 18.5. The van der Waals surface area contributed by atoms with Gasteiger partial charge in [-0.3, -0.25) is 0 Å². The van der Waals surface area contributed by atoms with Crippen LogP contribution in [0.3, 0.4) is 0 Å². The fraction of sp³-hybridized carbons (Fsp3) is 0.429. The second-order valence-corrected chi connectivity index (χ2v) is 5.13. The fourth-order valence-electron chi connectivity index (χ4n) is 1.79. The van der Waals surface area contributed by atoms with Gasteiger partial charge in [0.25, 0.3) is 0 Å². The maximum Gasteiger partial charge on any atom is 0.317 e. The highest BCUT2D eigenvalue weighted by molar-refractivity contribution is 6.30. The molecular weight excluding hydrogens is 327 g/mol. The van der Waals surface area contributed by atoms with Crippen LogP contribution in [0.25, 0.3) is 0 Å². The van der Waals surface area contributed by atoms with E-state index in [-0.39, 0.29) is 12.4 Å². The van der Waals surface area contributed by atoms with E-state index in [1.54, 1.807) is 0 Å². The van der Waals surface area contributed by atoms with Crippen LogP contribution < -0.4 is 15.4 Å². The largest absolute Gasteiger partial charge is 0.491 e. The average molecular weight is 347 g/mol. The lowest BCUT2D eigenvalue weighted by Crippen LogP contribution is -2.24. The van der Waals surface area contributed by atoms with Crippen LogP contribution in [0, 0.1) is 6.92 Å². The zero-order valence-electron chi connectivity index (χ0n) is 12.6. The third-order valence-corrected chi connectivity index (χ3v) is 3.20. The van der Waals surface area contributed by atoms with Crippen molar-refractivity contribution >= 4 is 30.0 Å². The lowest BCUT2D eigenvalue weighted by molar-refractivity contribution is 0.320. The van der Waals surface area contributed by atoms with Crippen LogP contribution in [-0.2, 0) is 6.42 Å². The number of halogens is 2. The van der Waals surface area contributed by atoms with Crippen molar-refractivity contribution in [2.75, 3.05) is 31.6 Å². The highest BCUT2D eigenvalue weighted by Gasteiger charge is 2.10. The van der Waals surface area contributed by atoms with E-state index in [2.05, 4.69) is 10.2 Å². The Hall–Kier alpha value is -1.50. The molecule has 0 aliphatic carbocycles. The Morgan fingerprint density at radius 2 is 2.14 bits per heavy atom. The normalized spacial score (nSPS) is 10.2. The van der Waals surface area contributed by atoms with Crippen LogP contribution in [0.15, 0.2) is 22.6 Å². The van der Waals surface area contributed by atoms with Gasteiger partial charge >= 0.3 is 6.01 Å². The van der Waals surface area contributed by atoms with Gasteiger partial charge in [0.1, 0.15) is 12.4 Å². The van der Waals surface area contributed by atoms with Crippen molar-refractivity contribution < 1.29 is 9.15 Å². The molecule has 0 atom stereocenters. The lowest BCUT2D eigenvalue weighted by atomic mass is 10.2. The number of hydrogen-bond acceptors (Lipinski definition) is 6. The van der Waals surface area contributed by atoms with Gasteiger partial charge in [0, 0.05) is 25.0 Å². The number of rotatable bonds is 7. The molecule has 0 spiro atoms.